The third-order valence-electron chi connectivity index (χ3n) is 2.95. The number of amides is 1. The molecule has 0 saturated carbocycles. The number of nitriles is 1. The van der Waals surface area contributed by atoms with E-state index in [2.05, 4.69) is 5.32 Å². The highest BCUT2D eigenvalue weighted by Crippen LogP contribution is 2.21. The van der Waals surface area contributed by atoms with E-state index >= 15 is 0 Å². The van der Waals surface area contributed by atoms with Gasteiger partial charge in [-0.2, -0.15) is 5.26 Å². The summed E-state index contributed by atoms with van der Waals surface area (Å²) in [7, 11) is 0. The number of nitrogens with one attached hydrogen (secondary N) is 1. The number of rotatable bonds is 3. The third-order valence-corrected chi connectivity index (χ3v) is 2.95. The fourth-order valence-electron chi connectivity index (χ4n) is 1.79. The molecule has 0 saturated heterocycles. The molecule has 0 heterocycles. The molecule has 0 aromatic heterocycles. The Labute approximate surface area is 120 Å². The first-order valence-electron chi connectivity index (χ1n) is 6.08. The molecule has 0 aliphatic carbocycles. The van der Waals surface area contributed by atoms with Crippen LogP contribution in [0.1, 0.15) is 21.5 Å². The molecule has 0 bridgehead atoms. The molecule has 2 aromatic rings. The number of nitrogens with zero attached hydrogens (tertiary/aromatic N) is 2. The molecule has 6 nitrogen and oxygen atoms in total. The second-order valence-electron chi connectivity index (χ2n) is 4.40. The van der Waals surface area contributed by atoms with Crippen LogP contribution in [0, 0.1) is 28.4 Å². The van der Waals surface area contributed by atoms with Crippen molar-refractivity contribution in [2.45, 2.75) is 6.92 Å². The van der Waals surface area contributed by atoms with Crippen LogP contribution in [0.4, 0.5) is 11.4 Å². The zero-order chi connectivity index (χ0) is 15.4. The van der Waals surface area contributed by atoms with Gasteiger partial charge < -0.3 is 5.32 Å². The molecule has 0 aliphatic rings. The molecule has 21 heavy (non-hydrogen) atoms. The lowest BCUT2D eigenvalue weighted by Crippen LogP contribution is -2.12. The van der Waals surface area contributed by atoms with Crippen LogP contribution in [0.3, 0.4) is 0 Å². The van der Waals surface area contributed by atoms with Gasteiger partial charge in [0, 0.05) is 23.4 Å². The second kappa shape index (κ2) is 5.84. The zero-order valence-corrected chi connectivity index (χ0v) is 11.2. The Kier molecular flexibility index (Phi) is 3.95. The maximum Gasteiger partial charge on any atom is 0.269 e. The molecule has 0 unspecified atom stereocenters. The largest absolute Gasteiger partial charge is 0.322 e. The third kappa shape index (κ3) is 3.22. The minimum atomic E-state index is -0.487. The average molecular weight is 281 g/mol. The van der Waals surface area contributed by atoms with E-state index in [0.717, 1.165) is 0 Å². The molecule has 0 fully saturated rings. The van der Waals surface area contributed by atoms with Crippen molar-refractivity contribution in [1.82, 2.24) is 0 Å². The van der Waals surface area contributed by atoms with Crippen molar-refractivity contribution < 1.29 is 9.72 Å². The number of hydrogen-bond donors (Lipinski definition) is 1. The smallest absolute Gasteiger partial charge is 0.269 e. The van der Waals surface area contributed by atoms with E-state index in [1.807, 2.05) is 6.07 Å². The van der Waals surface area contributed by atoms with Crippen LogP contribution in [0.15, 0.2) is 42.5 Å². The Morgan fingerprint density at radius 1 is 1.24 bits per heavy atom. The van der Waals surface area contributed by atoms with Crippen molar-refractivity contribution in [2.24, 2.45) is 0 Å². The Morgan fingerprint density at radius 2 is 1.90 bits per heavy atom. The summed E-state index contributed by atoms with van der Waals surface area (Å²) in [6, 6.07) is 12.4. The average Bonchev–Trinajstić information content (AvgIpc) is 2.49. The predicted molar refractivity (Wildman–Crippen MR) is 76.9 cm³/mol. The monoisotopic (exact) mass is 281 g/mol. The quantitative estimate of drug-likeness (QED) is 0.690. The van der Waals surface area contributed by atoms with Gasteiger partial charge in [0.25, 0.3) is 11.6 Å². The highest BCUT2D eigenvalue weighted by molar-refractivity contribution is 6.04. The van der Waals surface area contributed by atoms with Crippen molar-refractivity contribution in [2.75, 3.05) is 5.32 Å². The Morgan fingerprint density at radius 3 is 2.43 bits per heavy atom. The number of nitro groups is 1. The number of nitro benzene ring substituents is 1. The van der Waals surface area contributed by atoms with Gasteiger partial charge in [-0.15, -0.1) is 0 Å². The molecule has 104 valence electrons. The number of hydrogen-bond acceptors (Lipinski definition) is 4. The fourth-order valence-corrected chi connectivity index (χ4v) is 1.79. The molecule has 2 rings (SSSR count). The maximum atomic E-state index is 12.1. The standard InChI is InChI=1S/C15H11N3O3/c1-10-8-13(18(20)21)6-7-14(10)17-15(19)12-4-2-11(9-16)3-5-12/h2-8H,1H3,(H,17,19). The number of anilines is 1. The molecule has 1 N–H and O–H groups in total. The van der Waals surface area contributed by atoms with E-state index in [0.29, 0.717) is 22.4 Å². The molecule has 0 atom stereocenters. The summed E-state index contributed by atoms with van der Waals surface area (Å²) >= 11 is 0. The van der Waals surface area contributed by atoms with Gasteiger partial charge in [0.2, 0.25) is 0 Å². The topological polar surface area (TPSA) is 96.0 Å². The van der Waals surface area contributed by atoms with Crippen molar-refractivity contribution in [3.8, 4) is 6.07 Å². The van der Waals surface area contributed by atoms with Gasteiger partial charge >= 0.3 is 0 Å². The summed E-state index contributed by atoms with van der Waals surface area (Å²) in [5, 5.41) is 22.0. The van der Waals surface area contributed by atoms with Crippen molar-refractivity contribution >= 4 is 17.3 Å². The summed E-state index contributed by atoms with van der Waals surface area (Å²) in [5.41, 5.74) is 1.97. The highest BCUT2D eigenvalue weighted by Gasteiger charge is 2.11. The van der Waals surface area contributed by atoms with E-state index in [4.69, 9.17) is 5.26 Å². The van der Waals surface area contributed by atoms with Crippen LogP contribution in [0.25, 0.3) is 0 Å². The molecule has 2 aromatic carbocycles. The van der Waals surface area contributed by atoms with Gasteiger partial charge in [0.05, 0.1) is 16.6 Å². The Balaban J connectivity index is 2.19. The summed E-state index contributed by atoms with van der Waals surface area (Å²) in [5.74, 6) is -0.337. The van der Waals surface area contributed by atoms with E-state index in [1.165, 1.54) is 18.2 Å². The van der Waals surface area contributed by atoms with Gasteiger partial charge in [-0.05, 0) is 42.8 Å². The van der Waals surface area contributed by atoms with Crippen molar-refractivity contribution in [3.63, 3.8) is 0 Å². The lowest BCUT2D eigenvalue weighted by molar-refractivity contribution is -0.384. The summed E-state index contributed by atoms with van der Waals surface area (Å²) < 4.78 is 0. The number of benzene rings is 2. The SMILES string of the molecule is Cc1cc([N+](=O)[O-])ccc1NC(=O)c1ccc(C#N)cc1. The molecule has 0 aliphatic heterocycles. The van der Waals surface area contributed by atoms with E-state index in [9.17, 15) is 14.9 Å². The fraction of sp³-hybridized carbons (Fsp3) is 0.0667. The van der Waals surface area contributed by atoms with Crippen LogP contribution in [-0.4, -0.2) is 10.8 Å². The second-order valence-corrected chi connectivity index (χ2v) is 4.40. The van der Waals surface area contributed by atoms with E-state index in [-0.39, 0.29) is 11.6 Å². The molecular formula is C15H11N3O3. The molecule has 0 spiro atoms. The summed E-state index contributed by atoms with van der Waals surface area (Å²) in [4.78, 5) is 22.2. The van der Waals surface area contributed by atoms with Gasteiger partial charge in [-0.3, -0.25) is 14.9 Å². The zero-order valence-electron chi connectivity index (χ0n) is 11.2. The van der Waals surface area contributed by atoms with Crippen LogP contribution in [0.2, 0.25) is 0 Å². The molecule has 0 radical (unpaired) electrons. The number of carbonyl (C=O) groups excluding carboxylic acids is 1. The van der Waals surface area contributed by atoms with E-state index < -0.39 is 4.92 Å². The number of non-ortho nitro benzene ring substituents is 1. The van der Waals surface area contributed by atoms with Gasteiger partial charge in [0.1, 0.15) is 0 Å². The summed E-state index contributed by atoms with van der Waals surface area (Å²) in [6.45, 7) is 1.68. The lowest BCUT2D eigenvalue weighted by atomic mass is 10.1. The summed E-state index contributed by atoms with van der Waals surface area (Å²) in [6.07, 6.45) is 0. The molecule has 6 heteroatoms. The van der Waals surface area contributed by atoms with Crippen LogP contribution in [0.5, 0.6) is 0 Å². The Hall–Kier alpha value is -3.20. The van der Waals surface area contributed by atoms with Crippen molar-refractivity contribution in [1.29, 1.82) is 5.26 Å². The molecular weight excluding hydrogens is 270 g/mol. The normalized spacial score (nSPS) is 9.71. The van der Waals surface area contributed by atoms with Crippen molar-refractivity contribution in [3.05, 3.63) is 69.3 Å². The van der Waals surface area contributed by atoms with Crippen LogP contribution in [-0.2, 0) is 0 Å². The predicted octanol–water partition coefficient (Wildman–Crippen LogP) is 3.03. The first-order valence-corrected chi connectivity index (χ1v) is 6.08. The molecule has 1 amide bonds. The maximum absolute atomic E-state index is 12.1. The van der Waals surface area contributed by atoms with Gasteiger partial charge in [-0.1, -0.05) is 0 Å². The highest BCUT2D eigenvalue weighted by atomic mass is 16.6. The minimum absolute atomic E-state index is 0.0242. The first-order chi connectivity index (χ1) is 10.0. The van der Waals surface area contributed by atoms with Crippen LogP contribution >= 0.6 is 0 Å². The van der Waals surface area contributed by atoms with Crippen LogP contribution < -0.4 is 5.32 Å². The Bertz CT molecular complexity index is 746. The number of aryl methyl sites for hydroxylation is 1. The first kappa shape index (κ1) is 14.2. The number of carbonyl (C=O) groups is 1. The minimum Gasteiger partial charge on any atom is -0.322 e. The lowest BCUT2D eigenvalue weighted by Gasteiger charge is -2.08. The van der Waals surface area contributed by atoms with Gasteiger partial charge in [0.15, 0.2) is 0 Å². The van der Waals surface area contributed by atoms with E-state index in [1.54, 1.807) is 31.2 Å². The van der Waals surface area contributed by atoms with Gasteiger partial charge in [-0.25, -0.2) is 0 Å².